The molecule has 0 spiro atoms. The molecule has 1 aromatic carbocycles. The van der Waals surface area contributed by atoms with Crippen LogP contribution in [-0.2, 0) is 13.6 Å². The molecule has 1 rings (SSSR count). The van der Waals surface area contributed by atoms with Gasteiger partial charge in [0.1, 0.15) is 0 Å². The van der Waals surface area contributed by atoms with Crippen LogP contribution < -0.4 is 5.09 Å². The SMILES string of the molecule is C=C/C=C/CC(NP(=O)(OCC)OCC)c1ccccc1. The van der Waals surface area contributed by atoms with Crippen molar-refractivity contribution in [2.45, 2.75) is 26.3 Å². The lowest BCUT2D eigenvalue weighted by Gasteiger charge is -2.24. The molecule has 0 aliphatic carbocycles. The Labute approximate surface area is 127 Å². The third kappa shape index (κ3) is 6.40. The van der Waals surface area contributed by atoms with E-state index in [0.717, 1.165) is 5.56 Å². The molecular formula is C16H24NO3P. The first-order valence-electron chi connectivity index (χ1n) is 7.14. The molecule has 1 atom stereocenters. The summed E-state index contributed by atoms with van der Waals surface area (Å²) in [6, 6.07) is 9.68. The normalized spacial score (nSPS) is 13.4. The molecule has 0 fully saturated rings. The van der Waals surface area contributed by atoms with E-state index in [2.05, 4.69) is 11.7 Å². The van der Waals surface area contributed by atoms with Gasteiger partial charge < -0.3 is 0 Å². The number of allylic oxidation sites excluding steroid dienone is 2. The van der Waals surface area contributed by atoms with Gasteiger partial charge in [0.2, 0.25) is 0 Å². The Kier molecular flexibility index (Phi) is 8.24. The fourth-order valence-electron chi connectivity index (χ4n) is 1.90. The summed E-state index contributed by atoms with van der Waals surface area (Å²) in [6.07, 6.45) is 6.22. The number of benzene rings is 1. The van der Waals surface area contributed by atoms with Gasteiger partial charge in [0, 0.05) is 6.04 Å². The van der Waals surface area contributed by atoms with Crippen LogP contribution in [-0.4, -0.2) is 13.2 Å². The smallest absolute Gasteiger partial charge is 0.297 e. The summed E-state index contributed by atoms with van der Waals surface area (Å²) in [5.41, 5.74) is 1.03. The maximum Gasteiger partial charge on any atom is 0.406 e. The quantitative estimate of drug-likeness (QED) is 0.505. The Bertz CT molecular complexity index is 478. The average molecular weight is 309 g/mol. The minimum absolute atomic E-state index is 0.147. The van der Waals surface area contributed by atoms with E-state index < -0.39 is 7.75 Å². The van der Waals surface area contributed by atoms with E-state index in [1.165, 1.54) is 0 Å². The van der Waals surface area contributed by atoms with Crippen molar-refractivity contribution in [3.05, 3.63) is 60.7 Å². The molecule has 0 radical (unpaired) electrons. The lowest BCUT2D eigenvalue weighted by atomic mass is 10.0. The van der Waals surface area contributed by atoms with Gasteiger partial charge in [0.15, 0.2) is 0 Å². The van der Waals surface area contributed by atoms with Crippen molar-refractivity contribution in [1.82, 2.24) is 5.09 Å². The molecule has 0 aliphatic rings. The van der Waals surface area contributed by atoms with Gasteiger partial charge in [-0.3, -0.25) is 9.05 Å². The van der Waals surface area contributed by atoms with Gasteiger partial charge in [-0.2, -0.15) is 0 Å². The van der Waals surface area contributed by atoms with Crippen LogP contribution in [0, 0.1) is 0 Å². The Morgan fingerprint density at radius 2 is 1.86 bits per heavy atom. The van der Waals surface area contributed by atoms with E-state index in [-0.39, 0.29) is 6.04 Å². The first kappa shape index (κ1) is 17.9. The summed E-state index contributed by atoms with van der Waals surface area (Å²) in [6.45, 7) is 7.90. The molecule has 4 nitrogen and oxygen atoms in total. The minimum Gasteiger partial charge on any atom is -0.297 e. The maximum atomic E-state index is 12.6. The van der Waals surface area contributed by atoms with Crippen LogP contribution in [0.5, 0.6) is 0 Å². The summed E-state index contributed by atoms with van der Waals surface area (Å²) < 4.78 is 23.2. The molecule has 116 valence electrons. The van der Waals surface area contributed by atoms with E-state index in [4.69, 9.17) is 9.05 Å². The Morgan fingerprint density at radius 1 is 1.24 bits per heavy atom. The fourth-order valence-corrected chi connectivity index (χ4v) is 3.44. The fraction of sp³-hybridized carbons (Fsp3) is 0.375. The Morgan fingerprint density at radius 3 is 2.38 bits per heavy atom. The monoisotopic (exact) mass is 309 g/mol. The highest BCUT2D eigenvalue weighted by Crippen LogP contribution is 2.46. The second kappa shape index (κ2) is 9.69. The van der Waals surface area contributed by atoms with E-state index in [1.807, 2.05) is 42.5 Å². The molecule has 0 saturated carbocycles. The molecule has 0 saturated heterocycles. The van der Waals surface area contributed by atoms with Crippen molar-refractivity contribution in [2.75, 3.05) is 13.2 Å². The van der Waals surface area contributed by atoms with Crippen LogP contribution in [0.15, 0.2) is 55.1 Å². The number of hydrogen-bond donors (Lipinski definition) is 1. The average Bonchev–Trinajstić information content (AvgIpc) is 2.48. The van der Waals surface area contributed by atoms with Gasteiger partial charge in [-0.25, -0.2) is 9.65 Å². The first-order valence-corrected chi connectivity index (χ1v) is 8.68. The van der Waals surface area contributed by atoms with Crippen molar-refractivity contribution < 1.29 is 13.6 Å². The summed E-state index contributed by atoms with van der Waals surface area (Å²) >= 11 is 0. The van der Waals surface area contributed by atoms with Crippen LogP contribution in [0.3, 0.4) is 0 Å². The lowest BCUT2D eigenvalue weighted by molar-refractivity contribution is 0.206. The number of rotatable bonds is 10. The number of nitrogens with one attached hydrogen (secondary N) is 1. The minimum atomic E-state index is -3.30. The molecule has 5 heteroatoms. The zero-order chi connectivity index (χ0) is 15.6. The molecule has 0 aliphatic heterocycles. The van der Waals surface area contributed by atoms with Gasteiger partial charge in [-0.15, -0.1) is 0 Å². The predicted molar refractivity (Wildman–Crippen MR) is 87.1 cm³/mol. The van der Waals surface area contributed by atoms with Crippen LogP contribution >= 0.6 is 7.75 Å². The van der Waals surface area contributed by atoms with E-state index in [1.54, 1.807) is 19.9 Å². The molecule has 1 unspecified atom stereocenters. The van der Waals surface area contributed by atoms with Gasteiger partial charge in [-0.05, 0) is 25.8 Å². The maximum absolute atomic E-state index is 12.6. The third-order valence-electron chi connectivity index (χ3n) is 2.76. The highest BCUT2D eigenvalue weighted by molar-refractivity contribution is 7.51. The molecule has 0 bridgehead atoms. The molecule has 21 heavy (non-hydrogen) atoms. The zero-order valence-electron chi connectivity index (χ0n) is 12.7. The van der Waals surface area contributed by atoms with Crippen LogP contribution in [0.1, 0.15) is 31.9 Å². The second-order valence-electron chi connectivity index (χ2n) is 4.32. The summed E-state index contributed by atoms with van der Waals surface area (Å²) in [5.74, 6) is 0. The molecule has 1 aromatic rings. The van der Waals surface area contributed by atoms with Crippen molar-refractivity contribution >= 4 is 7.75 Å². The van der Waals surface area contributed by atoms with Crippen molar-refractivity contribution in [1.29, 1.82) is 0 Å². The summed E-state index contributed by atoms with van der Waals surface area (Å²) in [5, 5.41) is 3.03. The summed E-state index contributed by atoms with van der Waals surface area (Å²) in [7, 11) is -3.30. The largest absolute Gasteiger partial charge is 0.406 e. The van der Waals surface area contributed by atoms with Crippen molar-refractivity contribution in [2.24, 2.45) is 0 Å². The lowest BCUT2D eigenvalue weighted by Crippen LogP contribution is -2.21. The van der Waals surface area contributed by atoms with E-state index in [9.17, 15) is 4.57 Å². The van der Waals surface area contributed by atoms with Gasteiger partial charge in [0.05, 0.1) is 13.2 Å². The Balaban J connectivity index is 2.92. The van der Waals surface area contributed by atoms with Crippen LogP contribution in [0.2, 0.25) is 0 Å². The highest BCUT2D eigenvalue weighted by Gasteiger charge is 2.27. The van der Waals surface area contributed by atoms with Gasteiger partial charge >= 0.3 is 7.75 Å². The molecule has 0 heterocycles. The zero-order valence-corrected chi connectivity index (χ0v) is 13.6. The molecule has 0 amide bonds. The predicted octanol–water partition coefficient (Wildman–Crippen LogP) is 4.63. The third-order valence-corrected chi connectivity index (χ3v) is 4.58. The second-order valence-corrected chi connectivity index (χ2v) is 6.09. The van der Waals surface area contributed by atoms with Gasteiger partial charge in [-0.1, -0.05) is 55.1 Å². The van der Waals surface area contributed by atoms with Crippen molar-refractivity contribution in [3.63, 3.8) is 0 Å². The van der Waals surface area contributed by atoms with Crippen molar-refractivity contribution in [3.8, 4) is 0 Å². The van der Waals surface area contributed by atoms with E-state index >= 15 is 0 Å². The summed E-state index contributed by atoms with van der Waals surface area (Å²) in [4.78, 5) is 0. The van der Waals surface area contributed by atoms with Crippen LogP contribution in [0.4, 0.5) is 0 Å². The topological polar surface area (TPSA) is 47.6 Å². The molecule has 1 N–H and O–H groups in total. The Hall–Kier alpha value is -1.19. The van der Waals surface area contributed by atoms with Gasteiger partial charge in [0.25, 0.3) is 0 Å². The first-order chi connectivity index (χ1) is 10.1. The van der Waals surface area contributed by atoms with Crippen LogP contribution in [0.25, 0.3) is 0 Å². The molecular weight excluding hydrogens is 285 g/mol. The molecule has 0 aromatic heterocycles. The van der Waals surface area contributed by atoms with E-state index in [0.29, 0.717) is 19.6 Å². The standard InChI is InChI=1S/C16H24NO3P/c1-4-7-9-14-16(15-12-10-8-11-13-15)17-21(18,19-5-2)20-6-3/h4,7-13,16H,1,5-6,14H2,2-3H3,(H,17,18)/b9-7+. The number of hydrogen-bond acceptors (Lipinski definition) is 3. The highest BCUT2D eigenvalue weighted by atomic mass is 31.2.